The van der Waals surface area contributed by atoms with E-state index in [1.54, 1.807) is 0 Å². The molecule has 0 aromatic heterocycles. The number of nitrogens with zero attached hydrogens (tertiary/aromatic N) is 2. The first-order valence-corrected chi connectivity index (χ1v) is 29.2. The second-order valence-corrected chi connectivity index (χ2v) is 30.1. The number of rotatable bonds is 4. The quantitative estimate of drug-likeness (QED) is 0.162. The summed E-state index contributed by atoms with van der Waals surface area (Å²) >= 11 is 0. The highest BCUT2D eigenvalue weighted by molar-refractivity contribution is 7.00. The minimum atomic E-state index is -0.124. The fourth-order valence-corrected chi connectivity index (χ4v) is 15.6. The average Bonchev–Trinajstić information content (AvgIpc) is 3.82. The van der Waals surface area contributed by atoms with Crippen LogP contribution in [0.15, 0.2) is 133 Å². The number of fused-ring (bicyclic) bond motifs is 8. The van der Waals surface area contributed by atoms with Crippen LogP contribution in [-0.4, -0.2) is 6.71 Å². The highest BCUT2D eigenvalue weighted by Crippen LogP contribution is 2.76. The molecule has 2 heterocycles. The Morgan fingerprint density at radius 1 is 0.468 bits per heavy atom. The molecule has 0 spiro atoms. The molecular weight excluding hydrogens is 928 g/mol. The standard InChI is InChI=1S/C74H85BN2/c1-46-36-64-66-65(37-46)77(61-33-28-52(68(5,6)7)42-56(61)48-22-20-19-21-23-48)63-41-50-45-70(11,12)44-49(50)40-60(63)75(66)59-32-24-47(39-62(59)76(64)54-29-25-51(26-30-54)67(2,3)4)38-57-55-31-27-53(69(8,9)10)43-58(55)74(18)72(15,16)35-34-71(13,14)73(57,74)17/h19-33,36-43H,34-35,44-45H2,1-18H3/b57-38+. The Hall–Kier alpha value is -6.06. The van der Waals surface area contributed by atoms with E-state index in [9.17, 15) is 0 Å². The number of aryl methyl sites for hydroxylation is 1. The van der Waals surface area contributed by atoms with Crippen LogP contribution in [-0.2, 0) is 34.5 Å². The van der Waals surface area contributed by atoms with Crippen molar-refractivity contribution in [2.24, 2.45) is 21.7 Å². The SMILES string of the molecule is Cc1cc2c3c(c1)N(c1ccc(C(C)(C)C)cc1-c1ccccc1)c1cc4c(cc1B3c1ccc(/C=C3\c5ccc(C(C)(C)C)cc5C5(C)C(C)(C)CCC(C)(C)C35C)cc1N2c1ccc(C(C)(C)C)cc1)CC(C)(C)C4. The topological polar surface area (TPSA) is 6.48 Å². The van der Waals surface area contributed by atoms with Gasteiger partial charge in [-0.2, -0.15) is 0 Å². The van der Waals surface area contributed by atoms with Gasteiger partial charge in [-0.3, -0.25) is 0 Å². The Balaban J connectivity index is 1.14. The molecule has 0 N–H and O–H groups in total. The van der Waals surface area contributed by atoms with Gasteiger partial charge in [0.1, 0.15) is 0 Å². The normalized spacial score (nSPS) is 22.1. The van der Waals surface area contributed by atoms with Crippen LogP contribution < -0.4 is 26.2 Å². The first kappa shape index (κ1) is 51.7. The van der Waals surface area contributed by atoms with Crippen LogP contribution in [0.1, 0.15) is 181 Å². The van der Waals surface area contributed by atoms with E-state index >= 15 is 0 Å². The van der Waals surface area contributed by atoms with Gasteiger partial charge in [0.2, 0.25) is 0 Å². The molecule has 0 saturated heterocycles. The third-order valence-electron chi connectivity index (χ3n) is 20.7. The molecule has 2 nitrogen and oxygen atoms in total. The van der Waals surface area contributed by atoms with Gasteiger partial charge in [-0.1, -0.05) is 209 Å². The molecule has 2 unspecified atom stereocenters. The molecule has 1 fully saturated rings. The number of benzene rings is 7. The number of hydrogen-bond donors (Lipinski definition) is 0. The lowest BCUT2D eigenvalue weighted by Gasteiger charge is -2.64. The van der Waals surface area contributed by atoms with E-state index in [0.29, 0.717) is 0 Å². The van der Waals surface area contributed by atoms with Crippen LogP contribution in [0.2, 0.25) is 0 Å². The molecule has 2 aliphatic heterocycles. The molecule has 0 amide bonds. The summed E-state index contributed by atoms with van der Waals surface area (Å²) in [4.78, 5) is 5.32. The molecule has 394 valence electrons. The lowest BCUT2D eigenvalue weighted by atomic mass is 9.33. The summed E-state index contributed by atoms with van der Waals surface area (Å²) in [5.74, 6) is 0. The van der Waals surface area contributed by atoms with Crippen molar-refractivity contribution >= 4 is 68.9 Å². The molecule has 7 aromatic rings. The Labute approximate surface area is 464 Å². The zero-order chi connectivity index (χ0) is 54.9. The van der Waals surface area contributed by atoms with Crippen LogP contribution in [0.25, 0.3) is 22.8 Å². The van der Waals surface area contributed by atoms with Gasteiger partial charge in [0.05, 0.1) is 5.69 Å². The Kier molecular flexibility index (Phi) is 11.2. The summed E-state index contributed by atoms with van der Waals surface area (Å²) < 4.78 is 0. The van der Waals surface area contributed by atoms with Gasteiger partial charge in [0.25, 0.3) is 6.71 Å². The monoisotopic (exact) mass is 1010 g/mol. The fourth-order valence-electron chi connectivity index (χ4n) is 15.6. The fraction of sp³-hybridized carbons (Fsp3) is 0.405. The summed E-state index contributed by atoms with van der Waals surface area (Å²) in [6.45, 7) is 43.9. The van der Waals surface area contributed by atoms with E-state index < -0.39 is 0 Å². The van der Waals surface area contributed by atoms with Crippen LogP contribution in [0, 0.1) is 28.6 Å². The first-order chi connectivity index (χ1) is 35.9. The second kappa shape index (κ2) is 16.7. The molecule has 5 aliphatic rings. The van der Waals surface area contributed by atoms with Crippen molar-refractivity contribution in [1.29, 1.82) is 0 Å². The number of hydrogen-bond acceptors (Lipinski definition) is 2. The highest BCUT2D eigenvalue weighted by Gasteiger charge is 2.68. The van der Waals surface area contributed by atoms with Crippen LogP contribution in [0.5, 0.6) is 0 Å². The van der Waals surface area contributed by atoms with Crippen LogP contribution in [0.3, 0.4) is 0 Å². The first-order valence-electron chi connectivity index (χ1n) is 29.2. The second-order valence-electron chi connectivity index (χ2n) is 30.1. The maximum absolute atomic E-state index is 2.68. The van der Waals surface area contributed by atoms with Crippen molar-refractivity contribution in [3.8, 4) is 11.1 Å². The van der Waals surface area contributed by atoms with E-state index in [1.165, 1.54) is 130 Å². The minimum Gasteiger partial charge on any atom is -0.311 e. The third kappa shape index (κ3) is 7.69. The van der Waals surface area contributed by atoms with E-state index in [0.717, 1.165) is 12.8 Å². The predicted molar refractivity (Wildman–Crippen MR) is 334 cm³/mol. The molecule has 2 atom stereocenters. The molecule has 0 radical (unpaired) electrons. The van der Waals surface area contributed by atoms with Crippen molar-refractivity contribution in [2.75, 3.05) is 9.80 Å². The third-order valence-corrected chi connectivity index (χ3v) is 20.7. The van der Waals surface area contributed by atoms with Gasteiger partial charge >= 0.3 is 0 Å². The summed E-state index contributed by atoms with van der Waals surface area (Å²) in [6, 6.07) is 53.4. The zero-order valence-electron chi connectivity index (χ0n) is 50.1. The summed E-state index contributed by atoms with van der Waals surface area (Å²) in [6.07, 6.45) is 7.20. The van der Waals surface area contributed by atoms with E-state index in [4.69, 9.17) is 0 Å². The Morgan fingerprint density at radius 3 is 1.66 bits per heavy atom. The predicted octanol–water partition coefficient (Wildman–Crippen LogP) is 18.4. The molecule has 3 heteroatoms. The molecule has 77 heavy (non-hydrogen) atoms. The van der Waals surface area contributed by atoms with Gasteiger partial charge in [0, 0.05) is 44.8 Å². The van der Waals surface area contributed by atoms with E-state index in [-0.39, 0.29) is 50.0 Å². The Bertz CT molecular complexity index is 3600. The molecule has 3 aliphatic carbocycles. The highest BCUT2D eigenvalue weighted by atomic mass is 15.2. The number of allylic oxidation sites excluding steroid dienone is 1. The molecule has 7 aromatic carbocycles. The Morgan fingerprint density at radius 2 is 1.03 bits per heavy atom. The maximum atomic E-state index is 2.68. The van der Waals surface area contributed by atoms with Crippen molar-refractivity contribution in [1.82, 2.24) is 0 Å². The number of anilines is 6. The minimum absolute atomic E-state index is 0.0130. The molecule has 0 bridgehead atoms. The van der Waals surface area contributed by atoms with Gasteiger partial charge in [-0.05, 0) is 191 Å². The largest absolute Gasteiger partial charge is 0.311 e. The summed E-state index contributed by atoms with van der Waals surface area (Å²) in [7, 11) is 0. The van der Waals surface area contributed by atoms with E-state index in [1.807, 2.05) is 0 Å². The lowest BCUT2D eigenvalue weighted by Crippen LogP contribution is -2.61. The lowest BCUT2D eigenvalue weighted by molar-refractivity contribution is -0.0678. The van der Waals surface area contributed by atoms with Gasteiger partial charge in [-0.15, -0.1) is 0 Å². The van der Waals surface area contributed by atoms with Gasteiger partial charge < -0.3 is 9.80 Å². The smallest absolute Gasteiger partial charge is 0.252 e. The van der Waals surface area contributed by atoms with Crippen LogP contribution >= 0.6 is 0 Å². The van der Waals surface area contributed by atoms with Crippen molar-refractivity contribution < 1.29 is 0 Å². The van der Waals surface area contributed by atoms with Crippen molar-refractivity contribution in [3.63, 3.8) is 0 Å². The van der Waals surface area contributed by atoms with Crippen LogP contribution in [0.4, 0.5) is 34.1 Å². The maximum Gasteiger partial charge on any atom is 0.252 e. The van der Waals surface area contributed by atoms with Gasteiger partial charge in [-0.25, -0.2) is 0 Å². The molecular formula is C74H85BN2. The molecule has 12 rings (SSSR count). The van der Waals surface area contributed by atoms with Crippen molar-refractivity contribution in [2.45, 2.75) is 172 Å². The average molecular weight is 1010 g/mol. The molecule has 1 saturated carbocycles. The van der Waals surface area contributed by atoms with E-state index in [2.05, 4.69) is 274 Å². The zero-order valence-corrected chi connectivity index (χ0v) is 50.1. The van der Waals surface area contributed by atoms with Gasteiger partial charge in [0.15, 0.2) is 0 Å². The summed E-state index contributed by atoms with van der Waals surface area (Å²) in [5, 5.41) is 0. The van der Waals surface area contributed by atoms with Crippen molar-refractivity contribution in [3.05, 3.63) is 184 Å². The summed E-state index contributed by atoms with van der Waals surface area (Å²) in [5.41, 5.74) is 28.5.